The van der Waals surface area contributed by atoms with Gasteiger partial charge in [0.1, 0.15) is 0 Å². The fourth-order valence-corrected chi connectivity index (χ4v) is 0.995. The average molecular weight is 200 g/mol. The van der Waals surface area contributed by atoms with Crippen LogP contribution in [0.1, 0.15) is 5.69 Å². The number of aromatic nitrogens is 2. The highest BCUT2D eigenvalue weighted by atomic mass is 79.9. The summed E-state index contributed by atoms with van der Waals surface area (Å²) in [6.07, 6.45) is 2.10. The fraction of sp³-hybridized carbons (Fsp3) is 0.333. The third-order valence-corrected chi connectivity index (χ3v) is 2.02. The van der Waals surface area contributed by atoms with E-state index < -0.39 is 0 Å². The Hall–Kier alpha value is -0.820. The molecule has 0 spiro atoms. The van der Waals surface area contributed by atoms with Gasteiger partial charge in [-0.05, 0) is 15.9 Å². The molecule has 0 bridgehead atoms. The van der Waals surface area contributed by atoms with E-state index in [0.717, 1.165) is 10.4 Å². The van der Waals surface area contributed by atoms with Crippen LogP contribution >= 0.6 is 15.9 Å². The summed E-state index contributed by atoms with van der Waals surface area (Å²) in [6.45, 7) is 0. The van der Waals surface area contributed by atoms with E-state index in [1.165, 1.54) is 0 Å². The summed E-state index contributed by atoms with van der Waals surface area (Å²) in [5, 5.41) is 8.35. The first-order valence-corrected chi connectivity index (χ1v) is 3.58. The topological polar surface area (TPSA) is 41.6 Å². The van der Waals surface area contributed by atoms with Crippen molar-refractivity contribution in [3.63, 3.8) is 0 Å². The summed E-state index contributed by atoms with van der Waals surface area (Å²) in [7, 11) is 1.86. The lowest BCUT2D eigenvalue weighted by molar-refractivity contribution is 0.829. The van der Waals surface area contributed by atoms with Crippen molar-refractivity contribution < 1.29 is 0 Å². The zero-order valence-electron chi connectivity index (χ0n) is 5.50. The zero-order valence-corrected chi connectivity index (χ0v) is 7.09. The highest BCUT2D eigenvalue weighted by Crippen LogP contribution is 2.08. The third kappa shape index (κ3) is 1.19. The Morgan fingerprint density at radius 3 is 3.00 bits per heavy atom. The Morgan fingerprint density at radius 1 is 1.90 bits per heavy atom. The van der Waals surface area contributed by atoms with Crippen molar-refractivity contribution in [2.75, 3.05) is 0 Å². The maximum absolute atomic E-state index is 8.35. The van der Waals surface area contributed by atoms with Gasteiger partial charge in [0.25, 0.3) is 0 Å². The SMILES string of the molecule is Cn1c(CC#N)cnc1Br. The molecule has 0 amide bonds. The molecular weight excluding hydrogens is 194 g/mol. The molecule has 4 heteroatoms. The molecule has 1 aromatic heterocycles. The molecule has 3 nitrogen and oxygen atoms in total. The number of nitrogens with zero attached hydrogens (tertiary/aromatic N) is 3. The van der Waals surface area contributed by atoms with Gasteiger partial charge in [0.05, 0.1) is 24.4 Å². The van der Waals surface area contributed by atoms with E-state index in [1.807, 2.05) is 11.6 Å². The van der Waals surface area contributed by atoms with Crippen molar-refractivity contribution in [1.29, 1.82) is 5.26 Å². The van der Waals surface area contributed by atoms with Crippen LogP contribution in [0.15, 0.2) is 10.9 Å². The summed E-state index contributed by atoms with van der Waals surface area (Å²) < 4.78 is 2.60. The van der Waals surface area contributed by atoms with Crippen molar-refractivity contribution in [3.05, 3.63) is 16.6 Å². The molecule has 0 atom stereocenters. The van der Waals surface area contributed by atoms with Gasteiger partial charge in [-0.3, -0.25) is 0 Å². The molecule has 1 aromatic rings. The van der Waals surface area contributed by atoms with Gasteiger partial charge in [0.15, 0.2) is 4.73 Å². The predicted molar refractivity (Wildman–Crippen MR) is 40.2 cm³/mol. The summed E-state index contributed by atoms with van der Waals surface area (Å²) >= 11 is 3.23. The van der Waals surface area contributed by atoms with Gasteiger partial charge in [0, 0.05) is 7.05 Å². The Kier molecular flexibility index (Phi) is 2.07. The molecule has 0 saturated heterocycles. The summed E-state index contributed by atoms with van der Waals surface area (Å²) in [5.74, 6) is 0. The normalized spacial score (nSPS) is 9.30. The number of hydrogen-bond donors (Lipinski definition) is 0. The summed E-state index contributed by atoms with van der Waals surface area (Å²) in [5.41, 5.74) is 0.925. The maximum atomic E-state index is 8.35. The molecule has 0 saturated carbocycles. The molecule has 0 fully saturated rings. The Balaban J connectivity index is 2.96. The monoisotopic (exact) mass is 199 g/mol. The van der Waals surface area contributed by atoms with Gasteiger partial charge < -0.3 is 4.57 Å². The van der Waals surface area contributed by atoms with Crippen LogP contribution in [0.2, 0.25) is 0 Å². The first-order valence-electron chi connectivity index (χ1n) is 2.78. The molecule has 0 aliphatic rings. The van der Waals surface area contributed by atoms with E-state index >= 15 is 0 Å². The van der Waals surface area contributed by atoms with Gasteiger partial charge in [0.2, 0.25) is 0 Å². The van der Waals surface area contributed by atoms with Gasteiger partial charge in [-0.2, -0.15) is 5.26 Å². The molecule has 0 radical (unpaired) electrons. The lowest BCUT2D eigenvalue weighted by Crippen LogP contribution is -1.94. The molecule has 10 heavy (non-hydrogen) atoms. The molecule has 0 aliphatic carbocycles. The molecule has 0 aliphatic heterocycles. The Labute approximate surface area is 67.4 Å². The van der Waals surface area contributed by atoms with E-state index in [1.54, 1.807) is 6.20 Å². The molecule has 0 N–H and O–H groups in total. The lowest BCUT2D eigenvalue weighted by atomic mass is 10.4. The second kappa shape index (κ2) is 2.84. The number of hydrogen-bond acceptors (Lipinski definition) is 2. The first kappa shape index (κ1) is 7.29. The van der Waals surface area contributed by atoms with Gasteiger partial charge in [-0.1, -0.05) is 0 Å². The van der Waals surface area contributed by atoms with Gasteiger partial charge in [-0.15, -0.1) is 0 Å². The number of nitriles is 1. The minimum Gasteiger partial charge on any atom is -0.325 e. The number of rotatable bonds is 1. The van der Waals surface area contributed by atoms with E-state index in [4.69, 9.17) is 5.26 Å². The van der Waals surface area contributed by atoms with Crippen LogP contribution in [0.3, 0.4) is 0 Å². The van der Waals surface area contributed by atoms with Crippen LogP contribution in [-0.4, -0.2) is 9.55 Å². The van der Waals surface area contributed by atoms with Crippen molar-refractivity contribution in [1.82, 2.24) is 9.55 Å². The van der Waals surface area contributed by atoms with E-state index in [9.17, 15) is 0 Å². The lowest BCUT2D eigenvalue weighted by Gasteiger charge is -1.95. The average Bonchev–Trinajstić information content (AvgIpc) is 2.20. The van der Waals surface area contributed by atoms with Crippen LogP contribution in [0.4, 0.5) is 0 Å². The highest BCUT2D eigenvalue weighted by Gasteiger charge is 2.00. The second-order valence-corrected chi connectivity index (χ2v) is 2.62. The molecule has 1 heterocycles. The largest absolute Gasteiger partial charge is 0.325 e. The van der Waals surface area contributed by atoms with Crippen LogP contribution in [-0.2, 0) is 13.5 Å². The van der Waals surface area contributed by atoms with Crippen LogP contribution in [0.25, 0.3) is 0 Å². The third-order valence-electron chi connectivity index (χ3n) is 1.29. The second-order valence-electron chi connectivity index (χ2n) is 1.91. The van der Waals surface area contributed by atoms with Crippen molar-refractivity contribution in [2.45, 2.75) is 6.42 Å². The Morgan fingerprint density at radius 2 is 2.60 bits per heavy atom. The van der Waals surface area contributed by atoms with Crippen LogP contribution in [0.5, 0.6) is 0 Å². The van der Waals surface area contributed by atoms with Gasteiger partial charge in [-0.25, -0.2) is 4.98 Å². The quantitative estimate of drug-likeness (QED) is 0.684. The Bertz CT molecular complexity index is 271. The van der Waals surface area contributed by atoms with E-state index in [0.29, 0.717) is 6.42 Å². The first-order chi connectivity index (χ1) is 4.75. The number of halogens is 1. The maximum Gasteiger partial charge on any atom is 0.177 e. The molecular formula is C6H6BrN3. The minimum absolute atomic E-state index is 0.412. The van der Waals surface area contributed by atoms with Gasteiger partial charge >= 0.3 is 0 Å². The minimum atomic E-state index is 0.412. The summed E-state index contributed by atoms with van der Waals surface area (Å²) in [4.78, 5) is 3.96. The highest BCUT2D eigenvalue weighted by molar-refractivity contribution is 9.10. The van der Waals surface area contributed by atoms with E-state index in [2.05, 4.69) is 27.0 Å². The van der Waals surface area contributed by atoms with Crippen molar-refractivity contribution >= 4 is 15.9 Å². The van der Waals surface area contributed by atoms with Crippen LogP contribution < -0.4 is 0 Å². The molecule has 1 rings (SSSR count). The predicted octanol–water partition coefficient (Wildman–Crippen LogP) is 1.25. The summed E-state index contributed by atoms with van der Waals surface area (Å²) in [6, 6.07) is 2.06. The smallest absolute Gasteiger partial charge is 0.177 e. The fourth-order valence-electron chi connectivity index (χ4n) is 0.665. The molecule has 0 unspecified atom stereocenters. The molecule has 52 valence electrons. The van der Waals surface area contributed by atoms with Crippen molar-refractivity contribution in [2.24, 2.45) is 7.05 Å². The van der Waals surface area contributed by atoms with Crippen molar-refractivity contribution in [3.8, 4) is 6.07 Å². The number of imidazole rings is 1. The standard InChI is InChI=1S/C6H6BrN3/c1-10-5(2-3-8)4-9-6(10)7/h4H,2H2,1H3. The van der Waals surface area contributed by atoms with E-state index in [-0.39, 0.29) is 0 Å². The molecule has 0 aromatic carbocycles. The van der Waals surface area contributed by atoms with Crippen LogP contribution in [0, 0.1) is 11.3 Å². The zero-order chi connectivity index (χ0) is 7.56.